The summed E-state index contributed by atoms with van der Waals surface area (Å²) < 4.78 is 33.1. The molecule has 0 aliphatic carbocycles. The van der Waals surface area contributed by atoms with Gasteiger partial charge in [-0.1, -0.05) is 6.07 Å². The first-order valence-corrected chi connectivity index (χ1v) is 8.18. The fourth-order valence-corrected chi connectivity index (χ4v) is 3.46. The Balaban J connectivity index is 1.74. The molecule has 0 unspecified atom stereocenters. The highest BCUT2D eigenvalue weighted by atomic mass is 19.1. The van der Waals surface area contributed by atoms with E-state index in [-0.39, 0.29) is 36.4 Å². The molecule has 2 bridgehead atoms. The molecule has 2 aliphatic rings. The lowest BCUT2D eigenvalue weighted by Gasteiger charge is -2.30. The van der Waals surface area contributed by atoms with Crippen LogP contribution in [0.4, 0.5) is 8.78 Å². The Morgan fingerprint density at radius 3 is 2.56 bits per heavy atom. The van der Waals surface area contributed by atoms with E-state index in [1.807, 2.05) is 0 Å². The zero-order chi connectivity index (χ0) is 18.0. The van der Waals surface area contributed by atoms with Gasteiger partial charge in [-0.05, 0) is 12.1 Å². The maximum atomic E-state index is 13.8. The molecule has 1 amide bonds. The third kappa shape index (κ3) is 4.13. The average molecular weight is 354 g/mol. The second-order valence-electron chi connectivity index (χ2n) is 6.56. The summed E-state index contributed by atoms with van der Waals surface area (Å²) in [6, 6.07) is 3.28. The molecule has 136 valence electrons. The molecule has 1 aromatic carbocycles. The van der Waals surface area contributed by atoms with E-state index < -0.39 is 17.6 Å². The number of carbonyl (C=O) groups is 2. The summed E-state index contributed by atoms with van der Waals surface area (Å²) in [7, 11) is 0. The zero-order valence-corrected chi connectivity index (χ0v) is 13.7. The van der Waals surface area contributed by atoms with E-state index >= 15 is 0 Å². The van der Waals surface area contributed by atoms with Crippen molar-refractivity contribution in [1.82, 2.24) is 9.80 Å². The van der Waals surface area contributed by atoms with E-state index in [2.05, 4.69) is 0 Å². The van der Waals surface area contributed by atoms with Gasteiger partial charge in [-0.25, -0.2) is 8.78 Å². The van der Waals surface area contributed by atoms with Gasteiger partial charge in [0.25, 0.3) is 0 Å². The summed E-state index contributed by atoms with van der Waals surface area (Å²) >= 11 is 0. The normalized spacial score (nSPS) is 24.0. The van der Waals surface area contributed by atoms with E-state index in [1.54, 1.807) is 9.80 Å². The van der Waals surface area contributed by atoms with Crippen LogP contribution < -0.4 is 0 Å². The lowest BCUT2D eigenvalue weighted by atomic mass is 10.1. The predicted octanol–water partition coefficient (Wildman–Crippen LogP) is 0.751. The van der Waals surface area contributed by atoms with Gasteiger partial charge in [0.2, 0.25) is 5.91 Å². The first-order chi connectivity index (χ1) is 11.9. The highest BCUT2D eigenvalue weighted by Gasteiger charge is 2.36. The monoisotopic (exact) mass is 354 g/mol. The number of nitrogens with zero attached hydrogens (tertiary/aromatic N) is 2. The number of carboxylic acid groups (broad SMARTS) is 1. The van der Waals surface area contributed by atoms with E-state index in [0.29, 0.717) is 32.8 Å². The van der Waals surface area contributed by atoms with Gasteiger partial charge in [-0.3, -0.25) is 14.5 Å². The first kappa shape index (κ1) is 17.8. The number of benzene rings is 1. The van der Waals surface area contributed by atoms with Crippen molar-refractivity contribution < 1.29 is 28.2 Å². The number of aliphatic carboxylic acids is 1. The molecule has 2 saturated heterocycles. The number of fused-ring (bicyclic) bond motifs is 3. The van der Waals surface area contributed by atoms with Crippen molar-refractivity contribution in [3.05, 3.63) is 35.4 Å². The molecule has 8 heteroatoms. The predicted molar refractivity (Wildman–Crippen MR) is 83.9 cm³/mol. The van der Waals surface area contributed by atoms with Crippen LogP contribution in [0.3, 0.4) is 0 Å². The van der Waals surface area contributed by atoms with E-state index in [0.717, 1.165) is 12.1 Å². The molecule has 1 N–H and O–H groups in total. The molecule has 25 heavy (non-hydrogen) atoms. The molecule has 6 nitrogen and oxygen atoms in total. The molecule has 2 aliphatic heterocycles. The molecular weight excluding hydrogens is 334 g/mol. The van der Waals surface area contributed by atoms with Crippen molar-refractivity contribution in [3.63, 3.8) is 0 Å². The molecule has 1 aromatic rings. The van der Waals surface area contributed by atoms with Crippen LogP contribution in [-0.4, -0.2) is 72.2 Å². The Morgan fingerprint density at radius 2 is 1.88 bits per heavy atom. The molecule has 2 atom stereocenters. The summed E-state index contributed by atoms with van der Waals surface area (Å²) in [4.78, 5) is 27.0. The van der Waals surface area contributed by atoms with Gasteiger partial charge in [0.1, 0.15) is 11.6 Å². The largest absolute Gasteiger partial charge is 0.480 e. The minimum Gasteiger partial charge on any atom is -0.480 e. The average Bonchev–Trinajstić information content (AvgIpc) is 2.80. The number of carboxylic acids is 1. The molecule has 2 heterocycles. The molecule has 0 aromatic heterocycles. The number of hydrogen-bond acceptors (Lipinski definition) is 4. The maximum Gasteiger partial charge on any atom is 0.317 e. The molecule has 0 radical (unpaired) electrons. The zero-order valence-electron chi connectivity index (χ0n) is 13.7. The quantitative estimate of drug-likeness (QED) is 0.864. The molecule has 2 fully saturated rings. The Bertz CT molecular complexity index is 650. The van der Waals surface area contributed by atoms with Crippen molar-refractivity contribution in [2.45, 2.75) is 12.5 Å². The fraction of sp³-hybridized carbons (Fsp3) is 0.529. The third-order valence-corrected chi connectivity index (χ3v) is 4.66. The number of ether oxygens (including phenoxy) is 1. The summed E-state index contributed by atoms with van der Waals surface area (Å²) in [6.07, 6.45) is -0.349. The minimum atomic E-state index is -0.932. The van der Waals surface area contributed by atoms with Crippen LogP contribution in [0.5, 0.6) is 0 Å². The van der Waals surface area contributed by atoms with Crippen molar-refractivity contribution >= 4 is 11.9 Å². The number of amides is 1. The van der Waals surface area contributed by atoms with Gasteiger partial charge in [0, 0.05) is 31.1 Å². The number of carbonyl (C=O) groups excluding carboxylic acids is 1. The van der Waals surface area contributed by atoms with Gasteiger partial charge < -0.3 is 14.7 Å². The van der Waals surface area contributed by atoms with Gasteiger partial charge in [0.15, 0.2) is 0 Å². The minimum absolute atomic E-state index is 0.0266. The summed E-state index contributed by atoms with van der Waals surface area (Å²) in [5.74, 6) is -2.79. The Kier molecular flexibility index (Phi) is 5.29. The number of halogens is 2. The fourth-order valence-electron chi connectivity index (χ4n) is 3.46. The molecule has 0 spiro atoms. The lowest BCUT2D eigenvalue weighted by Crippen LogP contribution is -2.47. The second kappa shape index (κ2) is 7.45. The number of rotatable bonds is 4. The van der Waals surface area contributed by atoms with E-state index in [4.69, 9.17) is 9.84 Å². The van der Waals surface area contributed by atoms with Gasteiger partial charge in [0.05, 0.1) is 32.2 Å². The van der Waals surface area contributed by atoms with Crippen LogP contribution in [-0.2, 0) is 20.7 Å². The van der Waals surface area contributed by atoms with Gasteiger partial charge >= 0.3 is 5.97 Å². The van der Waals surface area contributed by atoms with Crippen molar-refractivity contribution in [1.29, 1.82) is 0 Å². The van der Waals surface area contributed by atoms with Crippen molar-refractivity contribution in [2.24, 2.45) is 5.92 Å². The topological polar surface area (TPSA) is 70.1 Å². The van der Waals surface area contributed by atoms with Crippen LogP contribution in [0.1, 0.15) is 5.56 Å². The standard InChI is InChI=1S/C17H20F2N2O4/c18-14-2-1-3-15(19)13(14)4-16(22)21-6-11-5-20(8-17(23)24)12(7-21)10-25-9-11/h1-3,11-12H,4-10H2,(H,23,24)/t11-,12+/m1/s1. The third-order valence-electron chi connectivity index (χ3n) is 4.66. The van der Waals surface area contributed by atoms with E-state index in [1.165, 1.54) is 6.07 Å². The Labute approximate surface area is 144 Å². The van der Waals surface area contributed by atoms with Gasteiger partial charge in [-0.2, -0.15) is 0 Å². The van der Waals surface area contributed by atoms with E-state index in [9.17, 15) is 18.4 Å². The maximum absolute atomic E-state index is 13.8. The Hall–Kier alpha value is -2.06. The lowest BCUT2D eigenvalue weighted by molar-refractivity contribution is -0.139. The summed E-state index contributed by atoms with van der Waals surface area (Å²) in [5, 5.41) is 9.06. The molecule has 0 saturated carbocycles. The van der Waals surface area contributed by atoms with Crippen LogP contribution in [0.2, 0.25) is 0 Å². The SMILES string of the molecule is O=C(O)CN1C[C@H]2COC[C@@H]1CN(C(=O)Cc1c(F)cccc1F)C2. The van der Waals surface area contributed by atoms with Crippen LogP contribution in [0.25, 0.3) is 0 Å². The van der Waals surface area contributed by atoms with Crippen molar-refractivity contribution in [3.8, 4) is 0 Å². The number of hydrogen-bond donors (Lipinski definition) is 1. The van der Waals surface area contributed by atoms with Crippen molar-refractivity contribution in [2.75, 3.05) is 39.4 Å². The van der Waals surface area contributed by atoms with Crippen LogP contribution >= 0.6 is 0 Å². The smallest absolute Gasteiger partial charge is 0.317 e. The Morgan fingerprint density at radius 1 is 1.16 bits per heavy atom. The van der Waals surface area contributed by atoms with Crippen LogP contribution in [0, 0.1) is 17.6 Å². The second-order valence-corrected chi connectivity index (χ2v) is 6.56. The summed E-state index contributed by atoms with van der Waals surface area (Å²) in [5.41, 5.74) is -0.236. The molecular formula is C17H20F2N2O4. The van der Waals surface area contributed by atoms with Gasteiger partial charge in [-0.15, -0.1) is 0 Å². The summed E-state index contributed by atoms with van der Waals surface area (Å²) in [6.45, 7) is 1.86. The first-order valence-electron chi connectivity index (χ1n) is 8.18. The highest BCUT2D eigenvalue weighted by Crippen LogP contribution is 2.21. The molecule has 3 rings (SSSR count). The van der Waals surface area contributed by atoms with Crippen LogP contribution in [0.15, 0.2) is 18.2 Å². The highest BCUT2D eigenvalue weighted by molar-refractivity contribution is 5.79.